The Balaban J connectivity index is -0.000000457. The second kappa shape index (κ2) is 25.4. The maximum atomic E-state index is 10.4. The summed E-state index contributed by atoms with van der Waals surface area (Å²) in [6.07, 6.45) is 5.37. The van der Waals surface area contributed by atoms with Crippen molar-refractivity contribution in [3.8, 4) is 0 Å². The molecule has 1 heterocycles. The Kier molecular flexibility index (Phi) is 26.1. The molecule has 0 radical (unpaired) electrons. The van der Waals surface area contributed by atoms with Crippen LogP contribution in [0.4, 0.5) is 0 Å². The van der Waals surface area contributed by atoms with E-state index >= 15 is 0 Å². The zero-order valence-electron chi connectivity index (χ0n) is 24.8. The fourth-order valence-electron chi connectivity index (χ4n) is 3.30. The molecule has 2 aliphatic rings. The molecule has 2 rings (SSSR count). The highest BCUT2D eigenvalue weighted by molar-refractivity contribution is 5.77. The summed E-state index contributed by atoms with van der Waals surface area (Å²) in [6, 6.07) is -1.64. The number of hydrogen-bond donors (Lipinski definition) is 10. The van der Waals surface area contributed by atoms with E-state index in [2.05, 4.69) is 10.6 Å². The Labute approximate surface area is 245 Å². The molecule has 12 N–H and O–H groups in total. The number of aliphatic carboxylic acids is 5. The molecule has 16 nitrogen and oxygen atoms in total. The van der Waals surface area contributed by atoms with Gasteiger partial charge in [-0.1, -0.05) is 26.7 Å². The maximum Gasteiger partial charge on any atom is 0.332 e. The van der Waals surface area contributed by atoms with Crippen molar-refractivity contribution < 1.29 is 59.4 Å². The van der Waals surface area contributed by atoms with Gasteiger partial charge in [-0.05, 0) is 65.0 Å². The Hall–Kier alpha value is -3.34. The molecule has 1 unspecified atom stereocenters. The topological polar surface area (TPSA) is 300 Å². The third-order valence-electron chi connectivity index (χ3n) is 5.79. The van der Waals surface area contributed by atoms with E-state index in [9.17, 15) is 28.8 Å². The van der Waals surface area contributed by atoms with Gasteiger partial charge in [-0.2, -0.15) is 0 Å². The molecular formula is C26H50N4O12. The molecule has 1 saturated carbocycles. The fraction of sp³-hybridized carbons (Fsp3) is 0.769. The Morgan fingerprint density at radius 1 is 0.833 bits per heavy atom. The Morgan fingerprint density at radius 2 is 1.33 bits per heavy atom. The van der Waals surface area contributed by atoms with Gasteiger partial charge in [0.15, 0.2) is 0 Å². The van der Waals surface area contributed by atoms with Crippen molar-refractivity contribution >= 4 is 35.8 Å². The summed E-state index contributed by atoms with van der Waals surface area (Å²) < 4.78 is 0. The smallest absolute Gasteiger partial charge is 0.332 e. The molecular weight excluding hydrogens is 560 g/mol. The predicted molar refractivity (Wildman–Crippen MR) is 152 cm³/mol. The van der Waals surface area contributed by atoms with Crippen molar-refractivity contribution in [2.24, 2.45) is 23.3 Å². The molecule has 1 aliphatic carbocycles. The number of aliphatic hydroxyl groups is 1. The monoisotopic (exact) mass is 610 g/mol. The summed E-state index contributed by atoms with van der Waals surface area (Å²) in [6.45, 7) is 6.07. The van der Waals surface area contributed by atoms with Crippen LogP contribution in [0.5, 0.6) is 0 Å². The van der Waals surface area contributed by atoms with E-state index in [0.717, 1.165) is 45.1 Å². The van der Waals surface area contributed by atoms with Crippen LogP contribution in [0.25, 0.3) is 0 Å². The van der Waals surface area contributed by atoms with E-state index in [0.29, 0.717) is 12.3 Å². The van der Waals surface area contributed by atoms with Crippen molar-refractivity contribution in [3.63, 3.8) is 0 Å². The highest BCUT2D eigenvalue weighted by Gasteiger charge is 2.21. The van der Waals surface area contributed by atoms with Gasteiger partial charge in [-0.25, -0.2) is 4.79 Å². The number of likely N-dealkylation sites (N-methyl/N-ethyl adjacent to an activating group) is 1. The van der Waals surface area contributed by atoms with Crippen molar-refractivity contribution in [3.05, 3.63) is 0 Å². The quantitative estimate of drug-likeness (QED) is 0.146. The highest BCUT2D eigenvalue weighted by atomic mass is 16.4. The summed E-state index contributed by atoms with van der Waals surface area (Å²) in [5.41, 5.74) is 9.81. The van der Waals surface area contributed by atoms with Crippen molar-refractivity contribution in [1.82, 2.24) is 10.6 Å². The normalized spacial score (nSPS) is 17.6. The first-order valence-corrected chi connectivity index (χ1v) is 13.6. The summed E-state index contributed by atoms with van der Waals surface area (Å²) in [5.74, 6) is -4.52. The van der Waals surface area contributed by atoms with Gasteiger partial charge in [0.2, 0.25) is 5.91 Å². The summed E-state index contributed by atoms with van der Waals surface area (Å²) in [4.78, 5) is 60.3. The van der Waals surface area contributed by atoms with Crippen LogP contribution in [0.2, 0.25) is 0 Å². The molecule has 1 saturated heterocycles. The van der Waals surface area contributed by atoms with E-state index in [1.165, 1.54) is 6.92 Å². The molecule has 16 heteroatoms. The zero-order chi connectivity index (χ0) is 33.4. The SMILES string of the molecule is CC(O)C(=O)O.CN[C@@H](CC(C)C)C(=O)O.NC(=O)CC[C@H](N)C(=O)O.O=C(O)C1CCCC1.O=C(O)[C@@H]1CCCN1. The van der Waals surface area contributed by atoms with Crippen LogP contribution in [0.15, 0.2) is 0 Å². The van der Waals surface area contributed by atoms with Crippen LogP contribution < -0.4 is 22.1 Å². The van der Waals surface area contributed by atoms with Gasteiger partial charge in [0.25, 0.3) is 0 Å². The van der Waals surface area contributed by atoms with Crippen molar-refractivity contribution in [2.75, 3.05) is 13.6 Å². The number of primary amides is 1. The van der Waals surface area contributed by atoms with Gasteiger partial charge in [-0.15, -0.1) is 0 Å². The fourth-order valence-corrected chi connectivity index (χ4v) is 3.30. The largest absolute Gasteiger partial charge is 0.481 e. The average Bonchev–Trinajstić information content (AvgIpc) is 3.62. The number of nitrogens with one attached hydrogen (secondary N) is 2. The number of carbonyl (C=O) groups is 6. The molecule has 246 valence electrons. The third-order valence-corrected chi connectivity index (χ3v) is 5.79. The minimum atomic E-state index is -1.23. The van der Waals surface area contributed by atoms with E-state index in [1.54, 1.807) is 7.05 Å². The first-order chi connectivity index (χ1) is 19.4. The van der Waals surface area contributed by atoms with Crippen LogP contribution in [0.3, 0.4) is 0 Å². The van der Waals surface area contributed by atoms with Crippen LogP contribution in [0.1, 0.15) is 78.6 Å². The maximum absolute atomic E-state index is 10.4. The summed E-state index contributed by atoms with van der Waals surface area (Å²) in [5, 5.41) is 54.9. The molecule has 0 aromatic rings. The molecule has 42 heavy (non-hydrogen) atoms. The Bertz CT molecular complexity index is 785. The van der Waals surface area contributed by atoms with Crippen LogP contribution in [-0.2, 0) is 28.8 Å². The van der Waals surface area contributed by atoms with Gasteiger partial charge < -0.3 is 52.7 Å². The highest BCUT2D eigenvalue weighted by Crippen LogP contribution is 2.24. The minimum absolute atomic E-state index is 0.0185. The number of hydrogen-bond acceptors (Lipinski definition) is 10. The van der Waals surface area contributed by atoms with Crippen LogP contribution in [0, 0.1) is 11.8 Å². The molecule has 0 aromatic heterocycles. The molecule has 0 aromatic carbocycles. The molecule has 0 bridgehead atoms. The molecule has 0 spiro atoms. The second-order valence-electron chi connectivity index (χ2n) is 10.1. The van der Waals surface area contributed by atoms with E-state index < -0.39 is 47.9 Å². The summed E-state index contributed by atoms with van der Waals surface area (Å²) >= 11 is 0. The molecule has 1 aliphatic heterocycles. The molecule has 4 atom stereocenters. The van der Waals surface area contributed by atoms with Gasteiger partial charge >= 0.3 is 29.8 Å². The standard InChI is InChI=1S/C7H15NO2.C6H10O2.C5H10N2O3.C5H9NO2.C3H6O3/c1-5(2)4-6(8-3)7(9)10;7-6(8)5-3-1-2-4-5;6-3(5(9)10)1-2-4(7)8;7-5(8)4-2-1-3-6-4;1-2(4)3(5)6/h5-6,8H,4H2,1-3H3,(H,9,10);5H,1-4H2,(H,7,8);3H,1-2,6H2,(H2,7,8)(H,9,10);4,6H,1-3H2,(H,7,8);2,4H,1H3,(H,5,6)/t6-;;3-;4-;/m0.00./s1. The lowest BCUT2D eigenvalue weighted by atomic mass is 10.0. The van der Waals surface area contributed by atoms with Gasteiger partial charge in [0.1, 0.15) is 24.2 Å². The zero-order valence-corrected chi connectivity index (χ0v) is 24.8. The van der Waals surface area contributed by atoms with Crippen molar-refractivity contribution in [1.29, 1.82) is 0 Å². The number of carbonyl (C=O) groups excluding carboxylic acids is 1. The van der Waals surface area contributed by atoms with Gasteiger partial charge in [-0.3, -0.25) is 24.0 Å². The number of carboxylic acids is 5. The van der Waals surface area contributed by atoms with Gasteiger partial charge in [0, 0.05) is 6.42 Å². The number of carboxylic acid groups (broad SMARTS) is 5. The molecule has 2 fully saturated rings. The lowest BCUT2D eigenvalue weighted by Gasteiger charge is -2.12. The van der Waals surface area contributed by atoms with Crippen molar-refractivity contribution in [2.45, 2.75) is 103 Å². The van der Waals surface area contributed by atoms with Gasteiger partial charge in [0.05, 0.1) is 5.92 Å². The second-order valence-corrected chi connectivity index (χ2v) is 10.1. The predicted octanol–water partition coefficient (Wildman–Crippen LogP) is -0.0951. The summed E-state index contributed by atoms with van der Waals surface area (Å²) in [7, 11) is 1.67. The number of rotatable bonds is 11. The minimum Gasteiger partial charge on any atom is -0.481 e. The lowest BCUT2D eigenvalue weighted by Crippen LogP contribution is -2.34. The molecule has 1 amide bonds. The van der Waals surface area contributed by atoms with E-state index in [4.69, 9.17) is 42.1 Å². The first-order valence-electron chi connectivity index (χ1n) is 13.6. The number of aliphatic hydroxyl groups excluding tert-OH is 1. The Morgan fingerprint density at radius 3 is 1.52 bits per heavy atom. The number of nitrogens with two attached hydrogens (primary N) is 2. The lowest BCUT2D eigenvalue weighted by molar-refractivity contribution is -0.145. The first kappa shape index (κ1) is 43.1. The number of amides is 1. The van der Waals surface area contributed by atoms with E-state index in [1.807, 2.05) is 13.8 Å². The van der Waals surface area contributed by atoms with Crippen LogP contribution in [-0.4, -0.2) is 104 Å². The van der Waals surface area contributed by atoms with E-state index in [-0.39, 0.29) is 30.8 Å². The average molecular weight is 611 g/mol. The van der Waals surface area contributed by atoms with Crippen LogP contribution >= 0.6 is 0 Å². The third kappa shape index (κ3) is 26.9.